The van der Waals surface area contributed by atoms with E-state index >= 15 is 0 Å². The number of nitrogens with zero attached hydrogens (tertiary/aromatic N) is 1. The fraction of sp³-hybridized carbons (Fsp3) is 0.562. The Hall–Kier alpha value is -1.39. The third-order valence-corrected chi connectivity index (χ3v) is 3.82. The van der Waals surface area contributed by atoms with Crippen molar-refractivity contribution in [3.8, 4) is 0 Å². The summed E-state index contributed by atoms with van der Waals surface area (Å²) in [5.41, 5.74) is 1.24. The first kappa shape index (κ1) is 15.0. The van der Waals surface area contributed by atoms with Crippen molar-refractivity contribution in [1.29, 1.82) is 0 Å². The lowest BCUT2D eigenvalue weighted by atomic mass is 10.0. The Morgan fingerprint density at radius 3 is 2.90 bits per heavy atom. The van der Waals surface area contributed by atoms with E-state index in [0.717, 1.165) is 19.4 Å². The molecule has 0 bridgehead atoms. The molecular weight excluding hydrogens is 252 g/mol. The van der Waals surface area contributed by atoms with Crippen molar-refractivity contribution in [2.45, 2.75) is 31.8 Å². The van der Waals surface area contributed by atoms with E-state index in [-0.39, 0.29) is 12.0 Å². The molecule has 0 aliphatic carbocycles. The van der Waals surface area contributed by atoms with Crippen LogP contribution in [0, 0.1) is 0 Å². The lowest BCUT2D eigenvalue weighted by molar-refractivity contribution is -0.123. The first-order chi connectivity index (χ1) is 9.65. The number of rotatable bonds is 5. The standard InChI is InChI=1S/C16H24N2O2/c1-13(14-6-3-2-4-7-14)10-17-16(20)12-18-9-5-8-15(19)11-18/h2-4,6-7,13,15,19H,5,8-12H2,1H3,(H,17,20). The van der Waals surface area contributed by atoms with E-state index in [4.69, 9.17) is 0 Å². The van der Waals surface area contributed by atoms with Gasteiger partial charge in [0.1, 0.15) is 0 Å². The van der Waals surface area contributed by atoms with Gasteiger partial charge < -0.3 is 10.4 Å². The molecule has 1 aliphatic heterocycles. The quantitative estimate of drug-likeness (QED) is 0.854. The van der Waals surface area contributed by atoms with E-state index in [2.05, 4.69) is 24.4 Å². The van der Waals surface area contributed by atoms with E-state index in [1.807, 2.05) is 23.1 Å². The second-order valence-electron chi connectivity index (χ2n) is 5.65. The highest BCUT2D eigenvalue weighted by Crippen LogP contribution is 2.13. The number of benzene rings is 1. The Kier molecular flexibility index (Phi) is 5.56. The second kappa shape index (κ2) is 7.41. The van der Waals surface area contributed by atoms with Gasteiger partial charge in [0.2, 0.25) is 5.91 Å². The molecule has 1 aliphatic rings. The highest BCUT2D eigenvalue weighted by Gasteiger charge is 2.19. The maximum atomic E-state index is 11.9. The van der Waals surface area contributed by atoms with Gasteiger partial charge in [-0.25, -0.2) is 0 Å². The van der Waals surface area contributed by atoms with Crippen LogP contribution >= 0.6 is 0 Å². The predicted molar refractivity (Wildman–Crippen MR) is 79.5 cm³/mol. The molecule has 1 saturated heterocycles. The summed E-state index contributed by atoms with van der Waals surface area (Å²) in [4.78, 5) is 13.9. The minimum absolute atomic E-state index is 0.0434. The zero-order valence-corrected chi connectivity index (χ0v) is 12.1. The van der Waals surface area contributed by atoms with E-state index in [0.29, 0.717) is 25.6 Å². The summed E-state index contributed by atoms with van der Waals surface area (Å²) < 4.78 is 0. The first-order valence-corrected chi connectivity index (χ1v) is 7.37. The van der Waals surface area contributed by atoms with Crippen LogP contribution in [0.1, 0.15) is 31.2 Å². The van der Waals surface area contributed by atoms with Gasteiger partial charge in [-0.05, 0) is 30.9 Å². The maximum absolute atomic E-state index is 11.9. The molecule has 4 heteroatoms. The van der Waals surface area contributed by atoms with Gasteiger partial charge in [0.25, 0.3) is 0 Å². The van der Waals surface area contributed by atoms with Crippen molar-refractivity contribution < 1.29 is 9.90 Å². The zero-order valence-electron chi connectivity index (χ0n) is 12.1. The first-order valence-electron chi connectivity index (χ1n) is 7.37. The van der Waals surface area contributed by atoms with Crippen LogP contribution in [0.5, 0.6) is 0 Å². The van der Waals surface area contributed by atoms with Crippen LogP contribution in [0.25, 0.3) is 0 Å². The maximum Gasteiger partial charge on any atom is 0.234 e. The van der Waals surface area contributed by atoms with Crippen LogP contribution in [-0.2, 0) is 4.79 Å². The molecule has 2 rings (SSSR count). The number of nitrogens with one attached hydrogen (secondary N) is 1. The molecule has 0 radical (unpaired) electrons. The number of hydrogen-bond acceptors (Lipinski definition) is 3. The number of likely N-dealkylation sites (tertiary alicyclic amines) is 1. The average molecular weight is 276 g/mol. The monoisotopic (exact) mass is 276 g/mol. The number of β-amino-alcohol motifs (C(OH)–C–C–N with tert-alkyl or cyclic N) is 1. The van der Waals surface area contributed by atoms with E-state index in [1.54, 1.807) is 0 Å². The normalized spacial score (nSPS) is 21.4. The Bertz CT molecular complexity index is 422. The van der Waals surface area contributed by atoms with Crippen molar-refractivity contribution in [3.63, 3.8) is 0 Å². The van der Waals surface area contributed by atoms with E-state index in [9.17, 15) is 9.90 Å². The smallest absolute Gasteiger partial charge is 0.234 e. The number of aliphatic hydroxyl groups excluding tert-OH is 1. The van der Waals surface area contributed by atoms with Gasteiger partial charge in [-0.1, -0.05) is 37.3 Å². The summed E-state index contributed by atoms with van der Waals surface area (Å²) in [7, 11) is 0. The summed E-state index contributed by atoms with van der Waals surface area (Å²) in [6.45, 7) is 4.67. The lowest BCUT2D eigenvalue weighted by Crippen LogP contribution is -2.44. The fourth-order valence-electron chi connectivity index (χ4n) is 2.60. The SMILES string of the molecule is CC(CNC(=O)CN1CCCC(O)C1)c1ccccc1. The molecule has 110 valence electrons. The Morgan fingerprint density at radius 2 is 2.20 bits per heavy atom. The van der Waals surface area contributed by atoms with Gasteiger partial charge in [-0.3, -0.25) is 9.69 Å². The fourth-order valence-corrected chi connectivity index (χ4v) is 2.60. The molecule has 2 N–H and O–H groups in total. The minimum Gasteiger partial charge on any atom is -0.392 e. The van der Waals surface area contributed by atoms with Crippen molar-refractivity contribution >= 4 is 5.91 Å². The number of piperidine rings is 1. The molecular formula is C16H24N2O2. The van der Waals surface area contributed by atoms with Gasteiger partial charge in [0, 0.05) is 13.1 Å². The number of hydrogen-bond donors (Lipinski definition) is 2. The van der Waals surface area contributed by atoms with Crippen LogP contribution in [0.15, 0.2) is 30.3 Å². The number of carbonyl (C=O) groups excluding carboxylic acids is 1. The molecule has 4 nitrogen and oxygen atoms in total. The second-order valence-corrected chi connectivity index (χ2v) is 5.65. The van der Waals surface area contributed by atoms with Gasteiger partial charge in [-0.2, -0.15) is 0 Å². The van der Waals surface area contributed by atoms with Gasteiger partial charge in [0.15, 0.2) is 0 Å². The molecule has 0 saturated carbocycles. The molecule has 1 heterocycles. The van der Waals surface area contributed by atoms with E-state index in [1.165, 1.54) is 5.56 Å². The molecule has 1 aromatic carbocycles. The van der Waals surface area contributed by atoms with Gasteiger partial charge >= 0.3 is 0 Å². The Morgan fingerprint density at radius 1 is 1.45 bits per heavy atom. The topological polar surface area (TPSA) is 52.6 Å². The van der Waals surface area contributed by atoms with Gasteiger partial charge in [-0.15, -0.1) is 0 Å². The molecule has 1 amide bonds. The minimum atomic E-state index is -0.278. The summed E-state index contributed by atoms with van der Waals surface area (Å²) >= 11 is 0. The third kappa shape index (κ3) is 4.62. The lowest BCUT2D eigenvalue weighted by Gasteiger charge is -2.29. The van der Waals surface area contributed by atoms with Crippen molar-refractivity contribution in [3.05, 3.63) is 35.9 Å². The molecule has 1 fully saturated rings. The van der Waals surface area contributed by atoms with Crippen molar-refractivity contribution in [2.75, 3.05) is 26.2 Å². The van der Waals surface area contributed by atoms with Crippen molar-refractivity contribution in [1.82, 2.24) is 10.2 Å². The van der Waals surface area contributed by atoms with Crippen LogP contribution in [0.3, 0.4) is 0 Å². The van der Waals surface area contributed by atoms with Gasteiger partial charge in [0.05, 0.1) is 12.6 Å². The number of amides is 1. The Balaban J connectivity index is 1.72. The zero-order chi connectivity index (χ0) is 14.4. The van der Waals surface area contributed by atoms with Crippen LogP contribution in [-0.4, -0.2) is 48.2 Å². The van der Waals surface area contributed by atoms with E-state index < -0.39 is 0 Å². The Labute approximate surface area is 120 Å². The molecule has 0 aromatic heterocycles. The number of carbonyl (C=O) groups is 1. The van der Waals surface area contributed by atoms with Crippen molar-refractivity contribution in [2.24, 2.45) is 0 Å². The van der Waals surface area contributed by atoms with Crippen LogP contribution in [0.4, 0.5) is 0 Å². The summed E-state index contributed by atoms with van der Waals surface area (Å²) in [5, 5.41) is 12.6. The summed E-state index contributed by atoms with van der Waals surface area (Å²) in [6, 6.07) is 10.2. The summed E-state index contributed by atoms with van der Waals surface area (Å²) in [6.07, 6.45) is 1.54. The summed E-state index contributed by atoms with van der Waals surface area (Å²) in [5.74, 6) is 0.356. The third-order valence-electron chi connectivity index (χ3n) is 3.82. The molecule has 1 aromatic rings. The molecule has 2 atom stereocenters. The highest BCUT2D eigenvalue weighted by molar-refractivity contribution is 5.78. The number of aliphatic hydroxyl groups is 1. The predicted octanol–water partition coefficient (Wildman–Crippen LogP) is 1.36. The molecule has 0 spiro atoms. The highest BCUT2D eigenvalue weighted by atomic mass is 16.3. The van der Waals surface area contributed by atoms with Crippen LogP contribution in [0.2, 0.25) is 0 Å². The van der Waals surface area contributed by atoms with Crippen LogP contribution < -0.4 is 5.32 Å². The average Bonchev–Trinajstić information content (AvgIpc) is 2.46. The molecule has 2 unspecified atom stereocenters. The molecule has 20 heavy (non-hydrogen) atoms. The largest absolute Gasteiger partial charge is 0.392 e.